The van der Waals surface area contributed by atoms with Crippen LogP contribution in [0.15, 0.2) is 18.2 Å². The molecule has 0 aliphatic heterocycles. The zero-order valence-corrected chi connectivity index (χ0v) is 8.03. The van der Waals surface area contributed by atoms with Crippen molar-refractivity contribution in [2.45, 2.75) is 6.61 Å². The first-order valence-electron chi connectivity index (χ1n) is 4.21. The van der Waals surface area contributed by atoms with Crippen LogP contribution in [0.2, 0.25) is 0 Å². The van der Waals surface area contributed by atoms with Crippen molar-refractivity contribution in [2.75, 3.05) is 19.5 Å². The summed E-state index contributed by atoms with van der Waals surface area (Å²) in [6, 6.07) is 5.25. The molecular formula is C10H13NO3. The van der Waals surface area contributed by atoms with Crippen LogP contribution in [0.25, 0.3) is 0 Å². The number of hydrogen-bond donors (Lipinski definition) is 1. The van der Waals surface area contributed by atoms with Crippen LogP contribution in [0.1, 0.15) is 5.56 Å². The topological polar surface area (TPSA) is 61.5 Å². The quantitative estimate of drug-likeness (QED) is 0.562. The summed E-state index contributed by atoms with van der Waals surface area (Å²) in [6.07, 6.45) is 0.694. The van der Waals surface area contributed by atoms with E-state index in [1.165, 1.54) is 0 Å². The van der Waals surface area contributed by atoms with Crippen molar-refractivity contribution in [2.24, 2.45) is 0 Å². The molecule has 0 saturated heterocycles. The van der Waals surface area contributed by atoms with Crippen molar-refractivity contribution >= 4 is 12.0 Å². The van der Waals surface area contributed by atoms with E-state index in [0.717, 1.165) is 5.56 Å². The summed E-state index contributed by atoms with van der Waals surface area (Å²) in [5.41, 5.74) is 7.25. The van der Waals surface area contributed by atoms with Gasteiger partial charge in [-0.1, -0.05) is 6.07 Å². The van der Waals surface area contributed by atoms with E-state index in [2.05, 4.69) is 0 Å². The van der Waals surface area contributed by atoms with Gasteiger partial charge in [0.1, 0.15) is 12.4 Å². The van der Waals surface area contributed by atoms with Gasteiger partial charge in [-0.15, -0.1) is 0 Å². The van der Waals surface area contributed by atoms with Crippen LogP contribution in [0, 0.1) is 0 Å². The number of rotatable bonds is 5. The van der Waals surface area contributed by atoms with Crippen molar-refractivity contribution in [1.29, 1.82) is 0 Å². The van der Waals surface area contributed by atoms with Crippen LogP contribution in [-0.2, 0) is 16.1 Å². The maximum Gasteiger partial charge on any atom is 0.157 e. The number of nitrogens with two attached hydrogens (primary N) is 1. The Morgan fingerprint density at radius 3 is 2.86 bits per heavy atom. The normalized spacial score (nSPS) is 9.79. The lowest BCUT2D eigenvalue weighted by Crippen LogP contribution is -2.00. The molecule has 0 aliphatic carbocycles. The number of carbonyl (C=O) groups excluding carboxylic acids is 1. The van der Waals surface area contributed by atoms with Crippen molar-refractivity contribution < 1.29 is 14.3 Å². The van der Waals surface area contributed by atoms with E-state index in [1.54, 1.807) is 19.2 Å². The van der Waals surface area contributed by atoms with Gasteiger partial charge < -0.3 is 15.2 Å². The van der Waals surface area contributed by atoms with Crippen LogP contribution in [-0.4, -0.2) is 20.0 Å². The number of benzene rings is 1. The van der Waals surface area contributed by atoms with Crippen LogP contribution in [0.4, 0.5) is 5.69 Å². The third-order valence-corrected chi connectivity index (χ3v) is 1.74. The number of methoxy groups -OCH3 is 1. The van der Waals surface area contributed by atoms with Gasteiger partial charge in [-0.3, -0.25) is 4.79 Å². The molecule has 2 N–H and O–H groups in total. The lowest BCUT2D eigenvalue weighted by atomic mass is 10.2. The highest BCUT2D eigenvalue weighted by atomic mass is 16.5. The van der Waals surface area contributed by atoms with E-state index in [4.69, 9.17) is 15.2 Å². The van der Waals surface area contributed by atoms with Crippen LogP contribution < -0.4 is 10.5 Å². The van der Waals surface area contributed by atoms with Crippen LogP contribution in [0.3, 0.4) is 0 Å². The van der Waals surface area contributed by atoms with E-state index in [9.17, 15) is 4.79 Å². The van der Waals surface area contributed by atoms with E-state index >= 15 is 0 Å². The summed E-state index contributed by atoms with van der Waals surface area (Å²) in [5.74, 6) is 0.592. The van der Waals surface area contributed by atoms with Gasteiger partial charge >= 0.3 is 0 Å². The lowest BCUT2D eigenvalue weighted by molar-refractivity contribution is -0.109. The van der Waals surface area contributed by atoms with Crippen molar-refractivity contribution in [1.82, 2.24) is 0 Å². The van der Waals surface area contributed by atoms with Gasteiger partial charge in [-0.25, -0.2) is 0 Å². The summed E-state index contributed by atoms with van der Waals surface area (Å²) in [4.78, 5) is 10.1. The van der Waals surface area contributed by atoms with Gasteiger partial charge in [0.15, 0.2) is 6.29 Å². The van der Waals surface area contributed by atoms with Gasteiger partial charge in [0.25, 0.3) is 0 Å². The predicted octanol–water partition coefficient (Wildman–Crippen LogP) is 0.993. The number of nitrogen functional groups attached to an aromatic ring is 1. The standard InChI is InChI=1S/C10H13NO3/c1-13-7-8-2-3-9(6-10(8)11)14-5-4-12/h2-4,6H,5,7,11H2,1H3. The molecule has 1 aromatic rings. The zero-order valence-electron chi connectivity index (χ0n) is 8.03. The molecule has 0 heterocycles. The zero-order chi connectivity index (χ0) is 10.4. The molecule has 1 aromatic carbocycles. The van der Waals surface area contributed by atoms with Gasteiger partial charge in [0.05, 0.1) is 6.61 Å². The average Bonchev–Trinajstić information content (AvgIpc) is 2.19. The summed E-state index contributed by atoms with van der Waals surface area (Å²) in [6.45, 7) is 0.517. The molecule has 0 atom stereocenters. The minimum absolute atomic E-state index is 0.0447. The first-order valence-corrected chi connectivity index (χ1v) is 4.21. The molecule has 4 nitrogen and oxygen atoms in total. The fourth-order valence-corrected chi connectivity index (χ4v) is 1.08. The molecule has 0 aliphatic rings. The molecule has 76 valence electrons. The molecule has 0 fully saturated rings. The van der Waals surface area contributed by atoms with E-state index in [0.29, 0.717) is 24.3 Å². The number of aldehydes is 1. The molecule has 0 unspecified atom stereocenters. The molecule has 0 amide bonds. The molecule has 1 rings (SSSR count). The average molecular weight is 195 g/mol. The van der Waals surface area contributed by atoms with Gasteiger partial charge in [0, 0.05) is 24.4 Å². The summed E-state index contributed by atoms with van der Waals surface area (Å²) in [7, 11) is 1.61. The van der Waals surface area contributed by atoms with Crippen molar-refractivity contribution in [3.8, 4) is 5.75 Å². The Morgan fingerprint density at radius 2 is 2.29 bits per heavy atom. The Balaban J connectivity index is 2.72. The van der Waals surface area contributed by atoms with E-state index < -0.39 is 0 Å². The maximum atomic E-state index is 10.1. The van der Waals surface area contributed by atoms with Crippen molar-refractivity contribution in [3.63, 3.8) is 0 Å². The fraction of sp³-hybridized carbons (Fsp3) is 0.300. The predicted molar refractivity (Wildman–Crippen MR) is 53.1 cm³/mol. The Hall–Kier alpha value is -1.55. The number of ether oxygens (including phenoxy) is 2. The molecule has 0 saturated carbocycles. The number of anilines is 1. The Kier molecular flexibility index (Phi) is 3.94. The largest absolute Gasteiger partial charge is 0.486 e. The minimum atomic E-state index is 0.0447. The van der Waals surface area contributed by atoms with E-state index in [1.807, 2.05) is 6.07 Å². The van der Waals surface area contributed by atoms with E-state index in [-0.39, 0.29) is 6.61 Å². The minimum Gasteiger partial charge on any atom is -0.486 e. The third kappa shape index (κ3) is 2.74. The van der Waals surface area contributed by atoms with Gasteiger partial charge in [0.2, 0.25) is 0 Å². The van der Waals surface area contributed by atoms with Gasteiger partial charge in [-0.2, -0.15) is 0 Å². The number of carbonyl (C=O) groups is 1. The Labute approximate surface area is 82.6 Å². The Bertz CT molecular complexity index is 312. The first kappa shape index (κ1) is 10.5. The molecule has 0 spiro atoms. The molecule has 4 heteroatoms. The molecule has 14 heavy (non-hydrogen) atoms. The third-order valence-electron chi connectivity index (χ3n) is 1.74. The van der Waals surface area contributed by atoms with Crippen LogP contribution >= 0.6 is 0 Å². The second-order valence-corrected chi connectivity index (χ2v) is 2.77. The first-order chi connectivity index (χ1) is 6.77. The highest BCUT2D eigenvalue weighted by Gasteiger charge is 2.00. The molecule has 0 radical (unpaired) electrons. The van der Waals surface area contributed by atoms with Gasteiger partial charge in [-0.05, 0) is 6.07 Å². The van der Waals surface area contributed by atoms with Crippen LogP contribution in [0.5, 0.6) is 5.75 Å². The molecular weight excluding hydrogens is 182 g/mol. The highest BCUT2D eigenvalue weighted by Crippen LogP contribution is 2.20. The summed E-state index contributed by atoms with van der Waals surface area (Å²) >= 11 is 0. The number of hydrogen-bond acceptors (Lipinski definition) is 4. The second kappa shape index (κ2) is 5.24. The fourth-order valence-electron chi connectivity index (χ4n) is 1.08. The smallest absolute Gasteiger partial charge is 0.157 e. The van der Waals surface area contributed by atoms with Crippen molar-refractivity contribution in [3.05, 3.63) is 23.8 Å². The summed E-state index contributed by atoms with van der Waals surface area (Å²) < 4.78 is 10.0. The molecule has 0 bridgehead atoms. The second-order valence-electron chi connectivity index (χ2n) is 2.77. The lowest BCUT2D eigenvalue weighted by Gasteiger charge is -2.07. The SMILES string of the molecule is COCc1ccc(OCC=O)cc1N. The maximum absolute atomic E-state index is 10.1. The Morgan fingerprint density at radius 1 is 1.50 bits per heavy atom. The highest BCUT2D eigenvalue weighted by molar-refractivity contribution is 5.54. The monoisotopic (exact) mass is 195 g/mol. The molecule has 0 aromatic heterocycles. The summed E-state index contributed by atoms with van der Waals surface area (Å²) in [5, 5.41) is 0.